The predicted molar refractivity (Wildman–Crippen MR) is 124 cm³/mol. The van der Waals surface area contributed by atoms with E-state index in [0.717, 1.165) is 49.4 Å². The van der Waals surface area contributed by atoms with E-state index in [-0.39, 0.29) is 11.2 Å². The highest BCUT2D eigenvalue weighted by Gasteiger charge is 2.26. The predicted octanol–water partition coefficient (Wildman–Crippen LogP) is 3.89. The van der Waals surface area contributed by atoms with Crippen LogP contribution in [-0.2, 0) is 4.79 Å². The van der Waals surface area contributed by atoms with Crippen molar-refractivity contribution in [3.8, 4) is 0 Å². The second-order valence-electron chi connectivity index (χ2n) is 7.31. The summed E-state index contributed by atoms with van der Waals surface area (Å²) >= 11 is 1.43. The molecule has 1 aliphatic heterocycles. The fourth-order valence-electron chi connectivity index (χ4n) is 3.70. The van der Waals surface area contributed by atoms with Crippen LogP contribution in [-0.4, -0.2) is 58.7 Å². The molecule has 1 aliphatic rings. The van der Waals surface area contributed by atoms with Crippen LogP contribution in [0.2, 0.25) is 0 Å². The van der Waals surface area contributed by atoms with Crippen molar-refractivity contribution in [1.82, 2.24) is 14.9 Å². The van der Waals surface area contributed by atoms with E-state index < -0.39 is 0 Å². The summed E-state index contributed by atoms with van der Waals surface area (Å²) in [5.41, 5.74) is 2.11. The fourth-order valence-corrected chi connectivity index (χ4v) is 4.56. The van der Waals surface area contributed by atoms with E-state index in [4.69, 9.17) is 0 Å². The molecule has 156 valence electrons. The van der Waals surface area contributed by atoms with Gasteiger partial charge in [0, 0.05) is 43.8 Å². The largest absolute Gasteiger partial charge is 0.370 e. The third-order valence-electron chi connectivity index (χ3n) is 5.27. The number of para-hydroxylation sites is 2. The van der Waals surface area contributed by atoms with Gasteiger partial charge in [0.15, 0.2) is 5.16 Å². The minimum absolute atomic E-state index is 0.148. The SMILES string of the molecule is CCNc1nc(SC(C)C(=O)N2CCN(c3ccccc3)CC2)nc2ccccc12. The maximum atomic E-state index is 13.0. The third-order valence-corrected chi connectivity index (χ3v) is 6.22. The van der Waals surface area contributed by atoms with Crippen LogP contribution in [0.15, 0.2) is 59.8 Å². The molecular formula is C23H27N5OS. The Morgan fingerprint density at radius 2 is 1.73 bits per heavy atom. The number of fused-ring (bicyclic) bond motifs is 1. The number of carbonyl (C=O) groups is 1. The second-order valence-corrected chi connectivity index (χ2v) is 8.62. The van der Waals surface area contributed by atoms with Crippen LogP contribution in [0.1, 0.15) is 13.8 Å². The third kappa shape index (κ3) is 4.51. The van der Waals surface area contributed by atoms with Gasteiger partial charge in [-0.2, -0.15) is 0 Å². The number of nitrogens with one attached hydrogen (secondary N) is 1. The Hall–Kier alpha value is -2.80. The van der Waals surface area contributed by atoms with Gasteiger partial charge >= 0.3 is 0 Å². The van der Waals surface area contributed by atoms with Crippen molar-refractivity contribution in [2.45, 2.75) is 24.3 Å². The lowest BCUT2D eigenvalue weighted by Gasteiger charge is -2.37. The standard InChI is InChI=1S/C23H27N5OS/c1-3-24-21-19-11-7-8-12-20(19)25-23(26-21)30-17(2)22(29)28-15-13-27(14-16-28)18-9-5-4-6-10-18/h4-12,17H,3,13-16H2,1-2H3,(H,24,25,26). The molecule has 2 aromatic carbocycles. The summed E-state index contributed by atoms with van der Waals surface area (Å²) in [5, 5.41) is 4.71. The topological polar surface area (TPSA) is 61.4 Å². The highest BCUT2D eigenvalue weighted by atomic mass is 32.2. The highest BCUT2D eigenvalue weighted by Crippen LogP contribution is 2.27. The average molecular weight is 422 g/mol. The Morgan fingerprint density at radius 1 is 1.03 bits per heavy atom. The fraction of sp³-hybridized carbons (Fsp3) is 0.348. The van der Waals surface area contributed by atoms with E-state index >= 15 is 0 Å². The van der Waals surface area contributed by atoms with Crippen molar-refractivity contribution in [1.29, 1.82) is 0 Å². The van der Waals surface area contributed by atoms with E-state index in [9.17, 15) is 4.79 Å². The molecule has 4 rings (SSSR count). The molecule has 1 amide bonds. The normalized spacial score (nSPS) is 15.3. The molecule has 1 saturated heterocycles. The number of hydrogen-bond donors (Lipinski definition) is 1. The summed E-state index contributed by atoms with van der Waals surface area (Å²) in [6, 6.07) is 18.3. The van der Waals surface area contributed by atoms with E-state index in [1.807, 2.05) is 49.1 Å². The lowest BCUT2D eigenvalue weighted by molar-refractivity contribution is -0.130. The quantitative estimate of drug-likeness (QED) is 0.481. The number of aromatic nitrogens is 2. The van der Waals surface area contributed by atoms with Gasteiger partial charge in [0.05, 0.1) is 10.8 Å². The first-order valence-electron chi connectivity index (χ1n) is 10.4. The van der Waals surface area contributed by atoms with Gasteiger partial charge in [-0.3, -0.25) is 4.79 Å². The van der Waals surface area contributed by atoms with Gasteiger partial charge < -0.3 is 15.1 Å². The van der Waals surface area contributed by atoms with Crippen LogP contribution in [0, 0.1) is 0 Å². The molecule has 1 aromatic heterocycles. The van der Waals surface area contributed by atoms with E-state index in [1.54, 1.807) is 0 Å². The lowest BCUT2D eigenvalue weighted by atomic mass is 10.2. The molecule has 1 unspecified atom stereocenters. The smallest absolute Gasteiger partial charge is 0.236 e. The van der Waals surface area contributed by atoms with Crippen molar-refractivity contribution < 1.29 is 4.79 Å². The molecule has 2 heterocycles. The van der Waals surface area contributed by atoms with E-state index in [0.29, 0.717) is 5.16 Å². The second kappa shape index (κ2) is 9.34. The molecule has 30 heavy (non-hydrogen) atoms. The Morgan fingerprint density at radius 3 is 2.47 bits per heavy atom. The Kier molecular flexibility index (Phi) is 6.38. The van der Waals surface area contributed by atoms with Crippen molar-refractivity contribution in [3.63, 3.8) is 0 Å². The van der Waals surface area contributed by atoms with Crippen molar-refractivity contribution >= 4 is 40.1 Å². The number of benzene rings is 2. The molecule has 1 atom stereocenters. The molecule has 0 aliphatic carbocycles. The maximum Gasteiger partial charge on any atom is 0.236 e. The summed E-state index contributed by atoms with van der Waals surface area (Å²) in [4.78, 5) is 26.7. The zero-order chi connectivity index (χ0) is 20.9. The van der Waals surface area contributed by atoms with E-state index in [1.165, 1.54) is 17.4 Å². The van der Waals surface area contributed by atoms with E-state index in [2.05, 4.69) is 44.5 Å². The summed E-state index contributed by atoms with van der Waals surface area (Å²) in [7, 11) is 0. The zero-order valence-corrected chi connectivity index (χ0v) is 18.2. The van der Waals surface area contributed by atoms with Gasteiger partial charge in [-0.25, -0.2) is 9.97 Å². The molecule has 3 aromatic rings. The van der Waals surface area contributed by atoms with Crippen molar-refractivity contribution in [2.24, 2.45) is 0 Å². The van der Waals surface area contributed by atoms with Crippen molar-refractivity contribution in [3.05, 3.63) is 54.6 Å². The monoisotopic (exact) mass is 421 g/mol. The minimum Gasteiger partial charge on any atom is -0.370 e. The summed E-state index contributed by atoms with van der Waals surface area (Å²) in [6.45, 7) is 7.95. The number of hydrogen-bond acceptors (Lipinski definition) is 6. The minimum atomic E-state index is -0.232. The number of nitrogens with zero attached hydrogens (tertiary/aromatic N) is 4. The summed E-state index contributed by atoms with van der Waals surface area (Å²) in [6.07, 6.45) is 0. The number of piperazine rings is 1. The molecule has 0 bridgehead atoms. The maximum absolute atomic E-state index is 13.0. The zero-order valence-electron chi connectivity index (χ0n) is 17.4. The van der Waals surface area contributed by atoms with Crippen LogP contribution in [0.3, 0.4) is 0 Å². The van der Waals surface area contributed by atoms with Gasteiger partial charge in [-0.1, -0.05) is 42.1 Å². The first kappa shape index (κ1) is 20.5. The molecule has 1 fully saturated rings. The Bertz CT molecular complexity index is 1000. The van der Waals surface area contributed by atoms with Gasteiger partial charge in [-0.05, 0) is 38.1 Å². The Balaban J connectivity index is 1.41. The summed E-state index contributed by atoms with van der Waals surface area (Å²) in [5.74, 6) is 0.969. The number of carbonyl (C=O) groups excluding carboxylic acids is 1. The van der Waals surface area contributed by atoms with Gasteiger partial charge in [-0.15, -0.1) is 0 Å². The summed E-state index contributed by atoms with van der Waals surface area (Å²) < 4.78 is 0. The molecular weight excluding hydrogens is 394 g/mol. The molecule has 0 radical (unpaired) electrons. The number of amides is 1. The molecule has 6 nitrogen and oxygen atoms in total. The highest BCUT2D eigenvalue weighted by molar-refractivity contribution is 8.00. The first-order valence-corrected chi connectivity index (χ1v) is 11.3. The molecule has 0 saturated carbocycles. The average Bonchev–Trinajstić information content (AvgIpc) is 2.79. The number of thioether (sulfide) groups is 1. The van der Waals surface area contributed by atoms with Crippen LogP contribution < -0.4 is 10.2 Å². The molecule has 7 heteroatoms. The van der Waals surface area contributed by atoms with Crippen LogP contribution >= 0.6 is 11.8 Å². The van der Waals surface area contributed by atoms with Crippen LogP contribution in [0.5, 0.6) is 0 Å². The van der Waals surface area contributed by atoms with Crippen LogP contribution in [0.25, 0.3) is 10.9 Å². The molecule has 0 spiro atoms. The van der Waals surface area contributed by atoms with Gasteiger partial charge in [0.25, 0.3) is 0 Å². The lowest BCUT2D eigenvalue weighted by Crippen LogP contribution is -2.50. The molecule has 1 N–H and O–H groups in total. The van der Waals surface area contributed by atoms with Gasteiger partial charge in [0.2, 0.25) is 5.91 Å². The van der Waals surface area contributed by atoms with Crippen LogP contribution in [0.4, 0.5) is 11.5 Å². The first-order chi connectivity index (χ1) is 14.7. The number of anilines is 2. The Labute approximate surface area is 181 Å². The van der Waals surface area contributed by atoms with Gasteiger partial charge in [0.1, 0.15) is 5.82 Å². The van der Waals surface area contributed by atoms with Crippen molar-refractivity contribution in [2.75, 3.05) is 42.9 Å². The number of rotatable bonds is 6.